The predicted molar refractivity (Wildman–Crippen MR) is 84.3 cm³/mol. The quantitative estimate of drug-likeness (QED) is 0.599. The second-order valence-electron chi connectivity index (χ2n) is 5.11. The fraction of sp³-hybridized carbons (Fsp3) is 0.0667. The van der Waals surface area contributed by atoms with E-state index in [0.29, 0.717) is 11.3 Å². The van der Waals surface area contributed by atoms with E-state index in [0.717, 1.165) is 0 Å². The van der Waals surface area contributed by atoms with Crippen LogP contribution in [0.15, 0.2) is 49.1 Å². The number of nitrogens with one attached hydrogen (secondary N) is 1. The van der Waals surface area contributed by atoms with Gasteiger partial charge < -0.3 is 0 Å². The molecule has 0 spiro atoms. The fourth-order valence-electron chi connectivity index (χ4n) is 2.22. The number of carbonyl (C=O) groups is 1. The number of amides is 1. The minimum atomic E-state index is -0.561. The van der Waals surface area contributed by atoms with Gasteiger partial charge in [-0.3, -0.25) is 10.1 Å². The fourth-order valence-corrected chi connectivity index (χ4v) is 2.22. The Morgan fingerprint density at radius 3 is 2.88 bits per heavy atom. The smallest absolute Gasteiger partial charge is 0.286 e. The summed E-state index contributed by atoms with van der Waals surface area (Å²) in [6.07, 6.45) is 4.59. The molecule has 25 heavy (non-hydrogen) atoms. The van der Waals surface area contributed by atoms with E-state index < -0.39 is 5.91 Å². The summed E-state index contributed by atoms with van der Waals surface area (Å²) in [5.41, 5.74) is 0.471. The maximum atomic E-state index is 13.7. The summed E-state index contributed by atoms with van der Waals surface area (Å²) < 4.78 is 16.5. The Kier molecular flexibility index (Phi) is 3.61. The molecular formula is C15H11FN8O. The number of carbonyl (C=O) groups excluding carboxylic acids is 1. The van der Waals surface area contributed by atoms with E-state index in [1.54, 1.807) is 36.7 Å². The van der Waals surface area contributed by atoms with Gasteiger partial charge in [-0.25, -0.2) is 23.6 Å². The lowest BCUT2D eigenvalue weighted by molar-refractivity contribution is 0.101. The van der Waals surface area contributed by atoms with E-state index in [2.05, 4.69) is 30.5 Å². The Bertz CT molecular complexity index is 1020. The molecule has 3 aromatic heterocycles. The molecule has 0 radical (unpaired) electrons. The molecule has 4 rings (SSSR count). The topological polar surface area (TPSA) is 103 Å². The minimum absolute atomic E-state index is 0.0517. The highest BCUT2D eigenvalue weighted by Gasteiger charge is 2.15. The highest BCUT2D eigenvalue weighted by molar-refractivity contribution is 6.00. The van der Waals surface area contributed by atoms with Crippen molar-refractivity contribution >= 4 is 17.6 Å². The minimum Gasteiger partial charge on any atom is -0.286 e. The van der Waals surface area contributed by atoms with Gasteiger partial charge in [-0.1, -0.05) is 18.2 Å². The molecule has 10 heteroatoms. The van der Waals surface area contributed by atoms with Crippen LogP contribution in [-0.4, -0.2) is 40.3 Å². The zero-order valence-corrected chi connectivity index (χ0v) is 12.7. The van der Waals surface area contributed by atoms with Gasteiger partial charge in [0.2, 0.25) is 11.8 Å². The second-order valence-corrected chi connectivity index (χ2v) is 5.11. The zero-order chi connectivity index (χ0) is 17.2. The number of halogens is 1. The summed E-state index contributed by atoms with van der Waals surface area (Å²) in [5.74, 6) is -0.554. The van der Waals surface area contributed by atoms with Crippen molar-refractivity contribution in [2.75, 3.05) is 5.32 Å². The van der Waals surface area contributed by atoms with Gasteiger partial charge in [0, 0.05) is 18.0 Å². The zero-order valence-electron chi connectivity index (χ0n) is 12.7. The van der Waals surface area contributed by atoms with Gasteiger partial charge in [0.15, 0.2) is 0 Å². The van der Waals surface area contributed by atoms with Crippen molar-refractivity contribution in [1.82, 2.24) is 34.3 Å². The number of aromatic nitrogens is 7. The van der Waals surface area contributed by atoms with Crippen LogP contribution in [0.1, 0.15) is 16.2 Å². The van der Waals surface area contributed by atoms with Crippen molar-refractivity contribution in [1.29, 1.82) is 0 Å². The summed E-state index contributed by atoms with van der Waals surface area (Å²) in [6, 6.07) is 8.06. The first-order valence-electron chi connectivity index (χ1n) is 7.30. The Hall–Kier alpha value is -3.69. The number of fused-ring (bicyclic) bond motifs is 1. The summed E-state index contributed by atoms with van der Waals surface area (Å²) in [6.45, 7) is 0.200. The molecule has 1 N–H and O–H groups in total. The third-order valence-electron chi connectivity index (χ3n) is 3.37. The molecule has 1 amide bonds. The second kappa shape index (κ2) is 6.07. The maximum absolute atomic E-state index is 13.7. The van der Waals surface area contributed by atoms with E-state index in [4.69, 9.17) is 0 Å². The van der Waals surface area contributed by atoms with Crippen molar-refractivity contribution in [2.45, 2.75) is 6.54 Å². The first kappa shape index (κ1) is 14.9. The molecule has 1 aromatic carbocycles. The van der Waals surface area contributed by atoms with Crippen molar-refractivity contribution in [3.05, 3.63) is 66.3 Å². The van der Waals surface area contributed by atoms with Crippen molar-refractivity contribution in [2.24, 2.45) is 0 Å². The van der Waals surface area contributed by atoms with Gasteiger partial charge in [-0.15, -0.1) is 10.2 Å². The van der Waals surface area contributed by atoms with Crippen LogP contribution in [0.2, 0.25) is 0 Å². The third-order valence-corrected chi connectivity index (χ3v) is 3.37. The largest absolute Gasteiger partial charge is 0.297 e. The van der Waals surface area contributed by atoms with Gasteiger partial charge >= 0.3 is 0 Å². The van der Waals surface area contributed by atoms with Gasteiger partial charge in [0.25, 0.3) is 11.7 Å². The van der Waals surface area contributed by atoms with Crippen LogP contribution in [0, 0.1) is 5.82 Å². The number of hydrogen-bond donors (Lipinski definition) is 1. The molecule has 0 saturated heterocycles. The number of anilines is 1. The van der Waals surface area contributed by atoms with E-state index >= 15 is 0 Å². The monoisotopic (exact) mass is 338 g/mol. The molecule has 0 bridgehead atoms. The van der Waals surface area contributed by atoms with E-state index in [9.17, 15) is 9.18 Å². The molecule has 0 saturated carbocycles. The SMILES string of the molecule is O=C(Nc1ncn(Cc2ccccc2F)n1)c1nc2ncccn2n1. The molecule has 124 valence electrons. The molecule has 3 heterocycles. The summed E-state index contributed by atoms with van der Waals surface area (Å²) in [7, 11) is 0. The van der Waals surface area contributed by atoms with E-state index in [1.807, 2.05) is 0 Å². The number of benzene rings is 1. The molecule has 0 unspecified atom stereocenters. The Morgan fingerprint density at radius 1 is 1.16 bits per heavy atom. The summed E-state index contributed by atoms with van der Waals surface area (Å²) in [5, 5.41) is 10.6. The van der Waals surface area contributed by atoms with E-state index in [1.165, 1.54) is 21.6 Å². The molecule has 0 aliphatic rings. The Balaban J connectivity index is 1.49. The maximum Gasteiger partial charge on any atom is 0.297 e. The third kappa shape index (κ3) is 3.04. The van der Waals surface area contributed by atoms with Gasteiger partial charge in [0.05, 0.1) is 6.54 Å². The molecule has 0 aliphatic heterocycles. The highest BCUT2D eigenvalue weighted by Crippen LogP contribution is 2.09. The standard InChI is InChI=1S/C15H11FN8O/c16-11-5-2-1-4-10(11)8-23-9-18-14(22-23)20-13(25)12-19-15-17-6-3-7-24(15)21-12/h1-7,9H,8H2,(H,20,22,25). The summed E-state index contributed by atoms with van der Waals surface area (Å²) >= 11 is 0. The average Bonchev–Trinajstić information content (AvgIpc) is 3.23. The predicted octanol–water partition coefficient (Wildman–Crippen LogP) is 1.16. The number of nitrogens with zero attached hydrogens (tertiary/aromatic N) is 7. The number of hydrogen-bond acceptors (Lipinski definition) is 6. The Labute approximate surface area is 140 Å². The lowest BCUT2D eigenvalue weighted by Crippen LogP contribution is -2.15. The normalized spacial score (nSPS) is 10.9. The van der Waals surface area contributed by atoms with Gasteiger partial charge in [-0.2, -0.15) is 4.98 Å². The van der Waals surface area contributed by atoms with E-state index in [-0.39, 0.29) is 24.1 Å². The van der Waals surface area contributed by atoms with Crippen LogP contribution < -0.4 is 5.32 Å². The first-order valence-corrected chi connectivity index (χ1v) is 7.30. The van der Waals surface area contributed by atoms with Crippen molar-refractivity contribution in [3.63, 3.8) is 0 Å². The lowest BCUT2D eigenvalue weighted by atomic mass is 10.2. The molecule has 4 aromatic rings. The van der Waals surface area contributed by atoms with Crippen molar-refractivity contribution in [3.8, 4) is 0 Å². The molecule has 0 fully saturated rings. The first-order chi connectivity index (χ1) is 12.2. The molecule has 9 nitrogen and oxygen atoms in total. The van der Waals surface area contributed by atoms with Gasteiger partial charge in [-0.05, 0) is 12.1 Å². The number of rotatable bonds is 4. The van der Waals surface area contributed by atoms with Gasteiger partial charge in [0.1, 0.15) is 12.1 Å². The van der Waals surface area contributed by atoms with Crippen LogP contribution in [0.25, 0.3) is 5.78 Å². The van der Waals surface area contributed by atoms with Crippen LogP contribution in [-0.2, 0) is 6.54 Å². The average molecular weight is 338 g/mol. The van der Waals surface area contributed by atoms with Crippen LogP contribution >= 0.6 is 0 Å². The molecule has 0 atom stereocenters. The highest BCUT2D eigenvalue weighted by atomic mass is 19.1. The molecule has 0 aliphatic carbocycles. The van der Waals surface area contributed by atoms with Crippen LogP contribution in [0.5, 0.6) is 0 Å². The van der Waals surface area contributed by atoms with Crippen LogP contribution in [0.4, 0.5) is 10.3 Å². The summed E-state index contributed by atoms with van der Waals surface area (Å²) in [4.78, 5) is 24.2. The lowest BCUT2D eigenvalue weighted by Gasteiger charge is -2.02. The van der Waals surface area contributed by atoms with Crippen molar-refractivity contribution < 1.29 is 9.18 Å². The Morgan fingerprint density at radius 2 is 2.04 bits per heavy atom. The van der Waals surface area contributed by atoms with Crippen LogP contribution in [0.3, 0.4) is 0 Å². The molecular weight excluding hydrogens is 327 g/mol.